The summed E-state index contributed by atoms with van der Waals surface area (Å²) in [6.45, 7) is 0. The lowest BCUT2D eigenvalue weighted by Crippen LogP contribution is -2.29. The standard InChI is InChI=1S/C19H20N2O7S/c1-26-15-10-13(11-16(27-2)18(15)28-3)20-19(23)12-4-6-14(7-5-12)21-17(22)8-9-29(21,24)25/h4-7,10-11H,8-9H2,1-3H3,(H,20,23). The quantitative estimate of drug-likeness (QED) is 0.761. The van der Waals surface area contributed by atoms with E-state index in [1.54, 1.807) is 12.1 Å². The molecule has 10 heteroatoms. The van der Waals surface area contributed by atoms with Crippen molar-refractivity contribution >= 4 is 33.2 Å². The Kier molecular flexibility index (Phi) is 5.64. The zero-order chi connectivity index (χ0) is 21.2. The number of hydrogen-bond acceptors (Lipinski definition) is 7. The van der Waals surface area contributed by atoms with Crippen LogP contribution in [0.5, 0.6) is 17.2 Å². The highest BCUT2D eigenvalue weighted by Gasteiger charge is 2.36. The van der Waals surface area contributed by atoms with Crippen molar-refractivity contribution in [2.45, 2.75) is 6.42 Å². The molecule has 1 aliphatic rings. The molecule has 0 unspecified atom stereocenters. The number of hydrogen-bond donors (Lipinski definition) is 1. The SMILES string of the molecule is COc1cc(NC(=O)c2ccc(N3C(=O)CCS3(=O)=O)cc2)cc(OC)c1OC. The summed E-state index contributed by atoms with van der Waals surface area (Å²) in [6, 6.07) is 8.91. The molecule has 3 rings (SSSR count). The smallest absolute Gasteiger partial charge is 0.255 e. The molecule has 0 bridgehead atoms. The van der Waals surface area contributed by atoms with Crippen LogP contribution in [0.3, 0.4) is 0 Å². The van der Waals surface area contributed by atoms with Crippen LogP contribution in [0, 0.1) is 0 Å². The molecule has 0 saturated carbocycles. The topological polar surface area (TPSA) is 111 Å². The monoisotopic (exact) mass is 420 g/mol. The fourth-order valence-corrected chi connectivity index (χ4v) is 4.43. The zero-order valence-electron chi connectivity index (χ0n) is 16.1. The van der Waals surface area contributed by atoms with E-state index in [1.165, 1.54) is 45.6 Å². The van der Waals surface area contributed by atoms with Gasteiger partial charge in [0.15, 0.2) is 11.5 Å². The zero-order valence-corrected chi connectivity index (χ0v) is 16.9. The molecule has 29 heavy (non-hydrogen) atoms. The molecular weight excluding hydrogens is 400 g/mol. The number of nitrogens with one attached hydrogen (secondary N) is 1. The van der Waals surface area contributed by atoms with Gasteiger partial charge in [-0.05, 0) is 24.3 Å². The second-order valence-corrected chi connectivity index (χ2v) is 8.08. The first-order valence-electron chi connectivity index (χ1n) is 8.58. The minimum Gasteiger partial charge on any atom is -0.493 e. The van der Waals surface area contributed by atoms with Gasteiger partial charge in [0.05, 0.1) is 32.8 Å². The minimum absolute atomic E-state index is 0.0499. The summed E-state index contributed by atoms with van der Waals surface area (Å²) < 4.78 is 40.5. The molecule has 0 aliphatic carbocycles. The summed E-state index contributed by atoms with van der Waals surface area (Å²) in [6.07, 6.45) is -0.0499. The van der Waals surface area contributed by atoms with E-state index in [1.807, 2.05) is 0 Å². The Morgan fingerprint density at radius 2 is 1.59 bits per heavy atom. The van der Waals surface area contributed by atoms with E-state index in [4.69, 9.17) is 14.2 Å². The molecule has 1 N–H and O–H groups in total. The molecule has 2 aromatic rings. The van der Waals surface area contributed by atoms with Gasteiger partial charge in [0.1, 0.15) is 0 Å². The Bertz CT molecular complexity index is 1020. The average molecular weight is 420 g/mol. The molecule has 9 nitrogen and oxygen atoms in total. The number of methoxy groups -OCH3 is 3. The van der Waals surface area contributed by atoms with Crippen LogP contribution in [0.25, 0.3) is 0 Å². The molecule has 1 saturated heterocycles. The van der Waals surface area contributed by atoms with Gasteiger partial charge in [0.2, 0.25) is 21.7 Å². The van der Waals surface area contributed by atoms with E-state index in [2.05, 4.69) is 5.32 Å². The summed E-state index contributed by atoms with van der Waals surface area (Å²) >= 11 is 0. The lowest BCUT2D eigenvalue weighted by atomic mass is 10.1. The summed E-state index contributed by atoms with van der Waals surface area (Å²) in [5.74, 6) is 0.0373. The Morgan fingerprint density at radius 1 is 1.00 bits per heavy atom. The average Bonchev–Trinajstić information content (AvgIpc) is 2.99. The number of carbonyl (C=O) groups is 2. The molecule has 0 atom stereocenters. The van der Waals surface area contributed by atoms with Crippen molar-refractivity contribution in [2.75, 3.05) is 36.7 Å². The Balaban J connectivity index is 1.82. The van der Waals surface area contributed by atoms with Crippen LogP contribution < -0.4 is 23.8 Å². The van der Waals surface area contributed by atoms with Crippen molar-refractivity contribution in [3.63, 3.8) is 0 Å². The Hall–Kier alpha value is -3.27. The molecule has 0 radical (unpaired) electrons. The van der Waals surface area contributed by atoms with Crippen molar-refractivity contribution in [2.24, 2.45) is 0 Å². The third-order valence-corrected chi connectivity index (χ3v) is 6.06. The highest BCUT2D eigenvalue weighted by Crippen LogP contribution is 2.40. The number of carbonyl (C=O) groups excluding carboxylic acids is 2. The third kappa shape index (κ3) is 3.97. The number of nitrogens with zero attached hydrogens (tertiary/aromatic N) is 1. The van der Waals surface area contributed by atoms with E-state index >= 15 is 0 Å². The van der Waals surface area contributed by atoms with Gasteiger partial charge in [-0.2, -0.15) is 0 Å². The maximum Gasteiger partial charge on any atom is 0.255 e. The highest BCUT2D eigenvalue weighted by molar-refractivity contribution is 7.94. The van der Waals surface area contributed by atoms with E-state index in [9.17, 15) is 18.0 Å². The number of amides is 2. The second kappa shape index (κ2) is 8.00. The summed E-state index contributed by atoms with van der Waals surface area (Å²) in [5.41, 5.74) is 0.911. The minimum atomic E-state index is -3.65. The van der Waals surface area contributed by atoms with Crippen molar-refractivity contribution in [3.05, 3.63) is 42.0 Å². The van der Waals surface area contributed by atoms with E-state index < -0.39 is 21.8 Å². The Morgan fingerprint density at radius 3 is 2.03 bits per heavy atom. The van der Waals surface area contributed by atoms with Gasteiger partial charge in [0.25, 0.3) is 5.91 Å². The van der Waals surface area contributed by atoms with Gasteiger partial charge in [0, 0.05) is 29.8 Å². The van der Waals surface area contributed by atoms with Gasteiger partial charge >= 0.3 is 0 Å². The maximum atomic E-state index is 12.6. The summed E-state index contributed by atoms with van der Waals surface area (Å²) in [4.78, 5) is 24.4. The number of ether oxygens (including phenoxy) is 3. The van der Waals surface area contributed by atoms with Crippen molar-refractivity contribution in [3.8, 4) is 17.2 Å². The van der Waals surface area contributed by atoms with Crippen LogP contribution in [-0.4, -0.2) is 47.3 Å². The van der Waals surface area contributed by atoms with E-state index in [-0.39, 0.29) is 23.4 Å². The molecule has 1 heterocycles. The van der Waals surface area contributed by atoms with Crippen molar-refractivity contribution in [1.82, 2.24) is 0 Å². The van der Waals surface area contributed by atoms with Gasteiger partial charge in [-0.1, -0.05) is 0 Å². The molecule has 2 amide bonds. The third-order valence-electron chi connectivity index (χ3n) is 4.37. The molecule has 0 spiro atoms. The van der Waals surface area contributed by atoms with Crippen LogP contribution in [-0.2, 0) is 14.8 Å². The summed E-state index contributed by atoms with van der Waals surface area (Å²) in [7, 11) is 0.763. The number of benzene rings is 2. The second-order valence-electron chi connectivity index (χ2n) is 6.14. The maximum absolute atomic E-state index is 12.6. The highest BCUT2D eigenvalue weighted by atomic mass is 32.2. The first-order chi connectivity index (χ1) is 13.8. The number of anilines is 2. The van der Waals surface area contributed by atoms with Crippen molar-refractivity contribution in [1.29, 1.82) is 0 Å². The first kappa shape index (κ1) is 20.5. The fraction of sp³-hybridized carbons (Fsp3) is 0.263. The normalized spacial score (nSPS) is 15.1. The molecule has 1 aliphatic heterocycles. The Labute approximate surface area is 168 Å². The molecule has 0 aromatic heterocycles. The van der Waals surface area contributed by atoms with Crippen LogP contribution in [0.4, 0.5) is 11.4 Å². The number of rotatable bonds is 6. The predicted molar refractivity (Wildman–Crippen MR) is 106 cm³/mol. The molecule has 2 aromatic carbocycles. The summed E-state index contributed by atoms with van der Waals surface area (Å²) in [5, 5.41) is 2.72. The molecule has 154 valence electrons. The van der Waals surface area contributed by atoms with Crippen LogP contribution in [0.2, 0.25) is 0 Å². The van der Waals surface area contributed by atoms with Crippen LogP contribution in [0.1, 0.15) is 16.8 Å². The largest absolute Gasteiger partial charge is 0.493 e. The van der Waals surface area contributed by atoms with Crippen LogP contribution in [0.15, 0.2) is 36.4 Å². The van der Waals surface area contributed by atoms with Crippen LogP contribution >= 0.6 is 0 Å². The predicted octanol–water partition coefficient (Wildman–Crippen LogP) is 2.03. The van der Waals surface area contributed by atoms with Gasteiger partial charge in [-0.3, -0.25) is 9.59 Å². The van der Waals surface area contributed by atoms with E-state index in [0.29, 0.717) is 22.9 Å². The molecule has 1 fully saturated rings. The van der Waals surface area contributed by atoms with Gasteiger partial charge in [-0.25, -0.2) is 12.7 Å². The first-order valence-corrected chi connectivity index (χ1v) is 10.2. The fourth-order valence-electron chi connectivity index (χ4n) is 2.97. The van der Waals surface area contributed by atoms with Gasteiger partial charge < -0.3 is 19.5 Å². The lowest BCUT2D eigenvalue weighted by molar-refractivity contribution is -0.116. The van der Waals surface area contributed by atoms with Gasteiger partial charge in [-0.15, -0.1) is 0 Å². The lowest BCUT2D eigenvalue weighted by Gasteiger charge is -2.16. The van der Waals surface area contributed by atoms with E-state index in [0.717, 1.165) is 4.31 Å². The molecular formula is C19H20N2O7S. The van der Waals surface area contributed by atoms with Crippen molar-refractivity contribution < 1.29 is 32.2 Å². The number of sulfonamides is 1.